The van der Waals surface area contributed by atoms with Crippen molar-refractivity contribution < 1.29 is 18.3 Å². The summed E-state index contributed by atoms with van der Waals surface area (Å²) in [5.41, 5.74) is -0.637. The second kappa shape index (κ2) is 6.67. The number of rotatable bonds is 6. The second-order valence-electron chi connectivity index (χ2n) is 7.63. The van der Waals surface area contributed by atoms with Gasteiger partial charge in [-0.2, -0.15) is 0 Å². The molecule has 1 fully saturated rings. The van der Waals surface area contributed by atoms with Crippen LogP contribution < -0.4 is 0 Å². The highest BCUT2D eigenvalue weighted by molar-refractivity contribution is 7.91. The highest BCUT2D eigenvalue weighted by atomic mass is 32.2. The van der Waals surface area contributed by atoms with E-state index in [0.717, 1.165) is 12.8 Å². The molecule has 5 heteroatoms. The van der Waals surface area contributed by atoms with Crippen molar-refractivity contribution in [2.24, 2.45) is 16.7 Å². The fourth-order valence-corrected chi connectivity index (χ4v) is 4.90. The fourth-order valence-electron chi connectivity index (χ4n) is 3.37. The van der Waals surface area contributed by atoms with Gasteiger partial charge in [0.1, 0.15) is 9.84 Å². The minimum atomic E-state index is -3.11. The Kier molecular flexibility index (Phi) is 5.87. The quantitative estimate of drug-likeness (QED) is 0.813. The number of carbonyl (C=O) groups is 1. The molecule has 1 rings (SSSR count). The van der Waals surface area contributed by atoms with Crippen molar-refractivity contribution in [3.63, 3.8) is 0 Å². The summed E-state index contributed by atoms with van der Waals surface area (Å²) in [5, 5.41) is 9.61. The molecule has 1 saturated carbocycles. The predicted molar refractivity (Wildman–Crippen MR) is 85.0 cm³/mol. The lowest BCUT2D eigenvalue weighted by Crippen LogP contribution is -2.39. The molecular weight excluding hydrogens is 288 g/mol. The first-order valence-electron chi connectivity index (χ1n) is 7.96. The summed E-state index contributed by atoms with van der Waals surface area (Å²) in [5.74, 6) is -0.125. The monoisotopic (exact) mass is 318 g/mol. The van der Waals surface area contributed by atoms with Gasteiger partial charge in [-0.1, -0.05) is 27.7 Å². The van der Waals surface area contributed by atoms with Crippen molar-refractivity contribution in [3.05, 3.63) is 0 Å². The molecular formula is C16H30O4S. The average molecular weight is 318 g/mol. The summed E-state index contributed by atoms with van der Waals surface area (Å²) in [4.78, 5) is 11.7. The van der Waals surface area contributed by atoms with E-state index >= 15 is 0 Å². The minimum Gasteiger partial charge on any atom is -0.481 e. The molecule has 4 nitrogen and oxygen atoms in total. The summed E-state index contributed by atoms with van der Waals surface area (Å²) in [6.07, 6.45) is 3.82. The molecule has 1 N–H and O–H groups in total. The number of carboxylic acids is 1. The molecule has 0 aromatic heterocycles. The van der Waals surface area contributed by atoms with Crippen molar-refractivity contribution in [3.8, 4) is 0 Å². The average Bonchev–Trinajstić information content (AvgIpc) is 2.35. The molecule has 0 amide bonds. The Morgan fingerprint density at radius 1 is 1.19 bits per heavy atom. The van der Waals surface area contributed by atoms with Gasteiger partial charge in [-0.25, -0.2) is 8.42 Å². The maximum atomic E-state index is 11.9. The van der Waals surface area contributed by atoms with E-state index in [1.54, 1.807) is 0 Å². The maximum absolute atomic E-state index is 11.9. The van der Waals surface area contributed by atoms with Crippen molar-refractivity contribution in [1.29, 1.82) is 0 Å². The maximum Gasteiger partial charge on any atom is 0.309 e. The van der Waals surface area contributed by atoms with Gasteiger partial charge in [0, 0.05) is 5.75 Å². The Hall–Kier alpha value is -0.580. The third kappa shape index (κ3) is 4.97. The first kappa shape index (κ1) is 18.5. The number of carboxylic acid groups (broad SMARTS) is 1. The molecule has 124 valence electrons. The molecule has 0 bridgehead atoms. The van der Waals surface area contributed by atoms with Crippen LogP contribution >= 0.6 is 0 Å². The number of hydrogen-bond acceptors (Lipinski definition) is 3. The summed E-state index contributed by atoms with van der Waals surface area (Å²) in [6, 6.07) is 0. The van der Waals surface area contributed by atoms with E-state index in [2.05, 4.69) is 20.8 Å². The molecule has 0 radical (unpaired) electrons. The molecule has 0 heterocycles. The van der Waals surface area contributed by atoms with Crippen LogP contribution in [0.15, 0.2) is 0 Å². The van der Waals surface area contributed by atoms with E-state index in [0.29, 0.717) is 25.2 Å². The van der Waals surface area contributed by atoms with Crippen molar-refractivity contribution in [2.75, 3.05) is 11.5 Å². The Labute approximate surface area is 129 Å². The summed E-state index contributed by atoms with van der Waals surface area (Å²) >= 11 is 0. The second-order valence-corrected chi connectivity index (χ2v) is 9.93. The lowest BCUT2D eigenvalue weighted by Gasteiger charge is -2.41. The number of sulfone groups is 1. The van der Waals surface area contributed by atoms with Gasteiger partial charge in [0.05, 0.1) is 11.2 Å². The lowest BCUT2D eigenvalue weighted by atomic mass is 9.63. The van der Waals surface area contributed by atoms with Crippen molar-refractivity contribution >= 4 is 15.8 Å². The smallest absolute Gasteiger partial charge is 0.309 e. The highest BCUT2D eigenvalue weighted by Crippen LogP contribution is 2.47. The van der Waals surface area contributed by atoms with E-state index in [-0.39, 0.29) is 23.3 Å². The molecule has 1 aliphatic rings. The van der Waals surface area contributed by atoms with Gasteiger partial charge < -0.3 is 5.11 Å². The molecule has 0 atom stereocenters. The SMILES string of the molecule is CCCS(=O)(=O)CCC1(C(=O)O)CCC(C(C)(C)C)CC1. The fraction of sp³-hybridized carbons (Fsp3) is 0.938. The molecule has 0 aromatic carbocycles. The van der Waals surface area contributed by atoms with Crippen LogP contribution in [0.5, 0.6) is 0 Å². The minimum absolute atomic E-state index is 0.00727. The number of hydrogen-bond donors (Lipinski definition) is 1. The molecule has 1 aliphatic carbocycles. The van der Waals surface area contributed by atoms with Gasteiger partial charge in [0.15, 0.2) is 0 Å². The third-order valence-corrected chi connectivity index (χ3v) is 6.88. The first-order valence-corrected chi connectivity index (χ1v) is 9.78. The first-order chi connectivity index (χ1) is 9.52. The normalized spacial score (nSPS) is 27.5. The zero-order chi connectivity index (χ0) is 16.3. The Morgan fingerprint density at radius 2 is 1.71 bits per heavy atom. The molecule has 0 saturated heterocycles. The Balaban J connectivity index is 2.73. The zero-order valence-electron chi connectivity index (χ0n) is 13.8. The van der Waals surface area contributed by atoms with Gasteiger partial charge in [0.2, 0.25) is 0 Å². The summed E-state index contributed by atoms with van der Waals surface area (Å²) < 4.78 is 23.7. The largest absolute Gasteiger partial charge is 0.481 e. The van der Waals surface area contributed by atoms with Crippen LogP contribution in [0.25, 0.3) is 0 Å². The van der Waals surface area contributed by atoms with E-state index in [9.17, 15) is 18.3 Å². The van der Waals surface area contributed by atoms with E-state index in [4.69, 9.17) is 0 Å². The Morgan fingerprint density at radius 3 is 2.10 bits per heavy atom. The highest BCUT2D eigenvalue weighted by Gasteiger charge is 2.44. The van der Waals surface area contributed by atoms with Crippen LogP contribution in [0.2, 0.25) is 0 Å². The summed E-state index contributed by atoms with van der Waals surface area (Å²) in [7, 11) is -3.11. The topological polar surface area (TPSA) is 71.4 Å². The molecule has 0 unspecified atom stereocenters. The molecule has 0 aromatic rings. The van der Waals surface area contributed by atoms with Crippen LogP contribution in [0.3, 0.4) is 0 Å². The van der Waals surface area contributed by atoms with Gasteiger partial charge in [-0.05, 0) is 49.9 Å². The van der Waals surface area contributed by atoms with Crippen LogP contribution in [0.4, 0.5) is 0 Å². The van der Waals surface area contributed by atoms with Gasteiger partial charge in [0.25, 0.3) is 0 Å². The van der Waals surface area contributed by atoms with Gasteiger partial charge >= 0.3 is 5.97 Å². The van der Waals surface area contributed by atoms with Gasteiger partial charge in [-0.15, -0.1) is 0 Å². The standard InChI is InChI=1S/C16H30O4S/c1-5-11-21(19,20)12-10-16(14(17)18)8-6-13(7-9-16)15(2,3)4/h13H,5-12H2,1-4H3,(H,17,18). The molecule has 0 spiro atoms. The van der Waals surface area contributed by atoms with Crippen molar-refractivity contribution in [2.45, 2.75) is 66.2 Å². The van der Waals surface area contributed by atoms with E-state index in [1.165, 1.54) is 0 Å². The van der Waals surface area contributed by atoms with Crippen LogP contribution in [0.1, 0.15) is 66.2 Å². The van der Waals surface area contributed by atoms with Gasteiger partial charge in [-0.3, -0.25) is 4.79 Å². The lowest BCUT2D eigenvalue weighted by molar-refractivity contribution is -0.152. The predicted octanol–water partition coefficient (Wildman–Crippen LogP) is 3.51. The summed E-state index contributed by atoms with van der Waals surface area (Å²) in [6.45, 7) is 8.41. The van der Waals surface area contributed by atoms with Crippen molar-refractivity contribution in [1.82, 2.24) is 0 Å². The Bertz CT molecular complexity index is 451. The molecule has 0 aliphatic heterocycles. The van der Waals surface area contributed by atoms with E-state index < -0.39 is 21.2 Å². The van der Waals surface area contributed by atoms with Crippen LogP contribution in [-0.4, -0.2) is 31.0 Å². The van der Waals surface area contributed by atoms with E-state index in [1.807, 2.05) is 6.92 Å². The van der Waals surface area contributed by atoms with Crippen LogP contribution in [-0.2, 0) is 14.6 Å². The molecule has 21 heavy (non-hydrogen) atoms. The van der Waals surface area contributed by atoms with Crippen LogP contribution in [0, 0.1) is 16.7 Å². The number of aliphatic carboxylic acids is 1. The zero-order valence-corrected chi connectivity index (χ0v) is 14.6. The third-order valence-electron chi connectivity index (χ3n) is 5.03.